The van der Waals surface area contributed by atoms with Crippen LogP contribution >= 0.6 is 11.6 Å². The number of sulfonamides is 1. The summed E-state index contributed by atoms with van der Waals surface area (Å²) in [7, 11) is -2.46. The van der Waals surface area contributed by atoms with E-state index >= 15 is 0 Å². The van der Waals surface area contributed by atoms with Crippen molar-refractivity contribution in [2.45, 2.75) is 18.0 Å². The lowest BCUT2D eigenvalue weighted by Crippen LogP contribution is -2.24. The number of halogens is 1. The SMILES string of the molecule is COc1c(CN)cc(Cl)cc1S(=O)(=O)NCc1ncn[nH]1. The molecule has 0 unspecified atom stereocenters. The normalized spacial score (nSPS) is 11.6. The predicted octanol–water partition coefficient (Wildman–Crippen LogP) is 0.404. The molecule has 0 spiro atoms. The van der Waals surface area contributed by atoms with Crippen LogP contribution in [0.2, 0.25) is 5.02 Å². The van der Waals surface area contributed by atoms with Crippen molar-refractivity contribution < 1.29 is 13.2 Å². The molecule has 21 heavy (non-hydrogen) atoms. The van der Waals surface area contributed by atoms with Gasteiger partial charge >= 0.3 is 0 Å². The Hall–Kier alpha value is -1.68. The van der Waals surface area contributed by atoms with Gasteiger partial charge in [-0.25, -0.2) is 18.1 Å². The van der Waals surface area contributed by atoms with Crippen LogP contribution in [-0.2, 0) is 23.1 Å². The summed E-state index contributed by atoms with van der Waals surface area (Å²) in [6.07, 6.45) is 1.29. The molecule has 0 amide bonds. The van der Waals surface area contributed by atoms with Gasteiger partial charge < -0.3 is 10.5 Å². The number of H-pyrrole nitrogens is 1. The zero-order valence-corrected chi connectivity index (χ0v) is 12.7. The van der Waals surface area contributed by atoms with Gasteiger partial charge in [0.2, 0.25) is 10.0 Å². The molecule has 0 aliphatic rings. The molecule has 0 saturated carbocycles. The van der Waals surface area contributed by atoms with Crippen molar-refractivity contribution in [3.63, 3.8) is 0 Å². The Bertz CT molecular complexity index is 718. The number of nitrogens with one attached hydrogen (secondary N) is 2. The fourth-order valence-corrected chi connectivity index (χ4v) is 3.29. The first-order valence-corrected chi connectivity index (χ1v) is 7.74. The number of aromatic nitrogens is 3. The second-order valence-electron chi connectivity index (χ2n) is 4.06. The highest BCUT2D eigenvalue weighted by molar-refractivity contribution is 7.89. The number of methoxy groups -OCH3 is 1. The highest BCUT2D eigenvalue weighted by atomic mass is 35.5. The van der Waals surface area contributed by atoms with Gasteiger partial charge in [-0.1, -0.05) is 11.6 Å². The maximum Gasteiger partial charge on any atom is 0.244 e. The van der Waals surface area contributed by atoms with Crippen molar-refractivity contribution in [3.8, 4) is 5.75 Å². The van der Waals surface area contributed by atoms with Gasteiger partial charge in [-0.3, -0.25) is 5.10 Å². The molecule has 10 heteroatoms. The Morgan fingerprint density at radius 1 is 1.48 bits per heavy atom. The number of nitrogens with zero attached hydrogens (tertiary/aromatic N) is 2. The van der Waals surface area contributed by atoms with E-state index < -0.39 is 10.0 Å². The van der Waals surface area contributed by atoms with Gasteiger partial charge in [0, 0.05) is 17.1 Å². The fraction of sp³-hybridized carbons (Fsp3) is 0.273. The number of benzene rings is 1. The van der Waals surface area contributed by atoms with E-state index in [4.69, 9.17) is 22.1 Å². The van der Waals surface area contributed by atoms with Gasteiger partial charge in [-0.2, -0.15) is 5.10 Å². The molecule has 0 saturated heterocycles. The summed E-state index contributed by atoms with van der Waals surface area (Å²) in [6, 6.07) is 2.87. The number of nitrogens with two attached hydrogens (primary N) is 1. The van der Waals surface area contributed by atoms with Crippen molar-refractivity contribution in [1.29, 1.82) is 0 Å². The van der Waals surface area contributed by atoms with Gasteiger partial charge in [-0.05, 0) is 12.1 Å². The quantitative estimate of drug-likeness (QED) is 0.704. The lowest BCUT2D eigenvalue weighted by Gasteiger charge is -2.14. The van der Waals surface area contributed by atoms with Crippen molar-refractivity contribution in [1.82, 2.24) is 19.9 Å². The lowest BCUT2D eigenvalue weighted by molar-refractivity contribution is 0.397. The van der Waals surface area contributed by atoms with Crippen LogP contribution in [0.5, 0.6) is 5.75 Å². The van der Waals surface area contributed by atoms with Gasteiger partial charge in [0.05, 0.1) is 13.7 Å². The van der Waals surface area contributed by atoms with Gasteiger partial charge in [0.15, 0.2) is 0 Å². The monoisotopic (exact) mass is 331 g/mol. The first-order chi connectivity index (χ1) is 9.97. The molecule has 0 radical (unpaired) electrons. The van der Waals surface area contributed by atoms with Crippen LogP contribution in [0.15, 0.2) is 23.4 Å². The Kier molecular flexibility index (Phi) is 4.78. The minimum absolute atomic E-state index is 0.0318. The smallest absolute Gasteiger partial charge is 0.244 e. The number of aromatic amines is 1. The molecule has 114 valence electrons. The summed E-state index contributed by atoms with van der Waals surface area (Å²) in [5, 5.41) is 6.46. The third kappa shape index (κ3) is 3.50. The van der Waals surface area contributed by atoms with E-state index in [9.17, 15) is 8.42 Å². The number of rotatable bonds is 6. The summed E-state index contributed by atoms with van der Waals surface area (Å²) in [5.41, 5.74) is 6.09. The Labute approximate surface area is 126 Å². The van der Waals surface area contributed by atoms with Crippen molar-refractivity contribution in [2.24, 2.45) is 5.73 Å². The molecule has 0 bridgehead atoms. The zero-order chi connectivity index (χ0) is 15.5. The molecule has 8 nitrogen and oxygen atoms in total. The molecule has 2 rings (SSSR count). The molecule has 2 aromatic rings. The Morgan fingerprint density at radius 3 is 2.81 bits per heavy atom. The number of ether oxygens (including phenoxy) is 1. The molecule has 1 heterocycles. The molecular formula is C11H14ClN5O3S. The van der Waals surface area contributed by atoms with E-state index in [1.54, 1.807) is 6.07 Å². The average Bonchev–Trinajstić information content (AvgIpc) is 2.97. The fourth-order valence-electron chi connectivity index (χ4n) is 1.76. The van der Waals surface area contributed by atoms with Crippen LogP contribution in [-0.4, -0.2) is 30.7 Å². The molecule has 0 atom stereocenters. The minimum atomic E-state index is -3.84. The molecule has 0 fully saturated rings. The molecule has 0 aliphatic carbocycles. The van der Waals surface area contributed by atoms with E-state index in [0.717, 1.165) is 0 Å². The van der Waals surface area contributed by atoms with Crippen LogP contribution in [0.4, 0.5) is 0 Å². The van der Waals surface area contributed by atoms with Crippen molar-refractivity contribution in [2.75, 3.05) is 7.11 Å². The van der Waals surface area contributed by atoms with E-state index in [0.29, 0.717) is 11.4 Å². The third-order valence-electron chi connectivity index (χ3n) is 2.70. The van der Waals surface area contributed by atoms with Crippen LogP contribution in [0.1, 0.15) is 11.4 Å². The maximum absolute atomic E-state index is 12.4. The maximum atomic E-state index is 12.4. The first-order valence-electron chi connectivity index (χ1n) is 5.88. The average molecular weight is 332 g/mol. The lowest BCUT2D eigenvalue weighted by atomic mass is 10.2. The highest BCUT2D eigenvalue weighted by Gasteiger charge is 2.22. The third-order valence-corrected chi connectivity index (χ3v) is 4.33. The molecule has 1 aromatic carbocycles. The van der Waals surface area contributed by atoms with E-state index in [1.165, 1.54) is 19.5 Å². The van der Waals surface area contributed by atoms with Crippen molar-refractivity contribution in [3.05, 3.63) is 34.9 Å². The van der Waals surface area contributed by atoms with Gasteiger partial charge in [0.1, 0.15) is 22.8 Å². The Balaban J connectivity index is 2.36. The second kappa shape index (κ2) is 6.39. The van der Waals surface area contributed by atoms with E-state index in [1.807, 2.05) is 0 Å². The van der Waals surface area contributed by atoms with Gasteiger partial charge in [-0.15, -0.1) is 0 Å². The number of hydrogen-bond acceptors (Lipinski definition) is 6. The molecule has 1 aromatic heterocycles. The molecule has 4 N–H and O–H groups in total. The summed E-state index contributed by atoms with van der Waals surface area (Å²) in [5.74, 6) is 0.561. The summed E-state index contributed by atoms with van der Waals surface area (Å²) < 4.78 is 32.3. The largest absolute Gasteiger partial charge is 0.495 e. The van der Waals surface area contributed by atoms with Crippen molar-refractivity contribution >= 4 is 21.6 Å². The summed E-state index contributed by atoms with van der Waals surface area (Å²) >= 11 is 5.93. The van der Waals surface area contributed by atoms with Crippen LogP contribution in [0, 0.1) is 0 Å². The zero-order valence-electron chi connectivity index (χ0n) is 11.1. The minimum Gasteiger partial charge on any atom is -0.495 e. The summed E-state index contributed by atoms with van der Waals surface area (Å²) in [6.45, 7) is 0.0737. The van der Waals surface area contributed by atoms with Crippen LogP contribution in [0.3, 0.4) is 0 Å². The topological polar surface area (TPSA) is 123 Å². The standard InChI is InChI=1S/C11H14ClN5O3S/c1-20-11-7(4-13)2-8(12)3-9(11)21(18,19)16-5-10-14-6-15-17-10/h2-3,6,16H,4-5,13H2,1H3,(H,14,15,17). The van der Waals surface area contributed by atoms with Crippen LogP contribution in [0.25, 0.3) is 0 Å². The molecule has 0 aliphatic heterocycles. The van der Waals surface area contributed by atoms with E-state index in [-0.39, 0.29) is 28.8 Å². The predicted molar refractivity (Wildman–Crippen MR) is 76.3 cm³/mol. The second-order valence-corrected chi connectivity index (χ2v) is 6.23. The highest BCUT2D eigenvalue weighted by Crippen LogP contribution is 2.31. The Morgan fingerprint density at radius 2 is 2.24 bits per heavy atom. The van der Waals surface area contributed by atoms with E-state index in [2.05, 4.69) is 19.9 Å². The first kappa shape index (κ1) is 15.7. The summed E-state index contributed by atoms with van der Waals surface area (Å²) in [4.78, 5) is 3.76. The van der Waals surface area contributed by atoms with Crippen LogP contribution < -0.4 is 15.2 Å². The molecular weight excluding hydrogens is 318 g/mol. The number of hydrogen-bond donors (Lipinski definition) is 3. The van der Waals surface area contributed by atoms with Gasteiger partial charge in [0.25, 0.3) is 0 Å².